The molecule has 2 atom stereocenters. The van der Waals surface area contributed by atoms with E-state index in [1.807, 2.05) is 0 Å². The summed E-state index contributed by atoms with van der Waals surface area (Å²) in [6.45, 7) is 5.34. The maximum absolute atomic E-state index is 3.43. The van der Waals surface area contributed by atoms with Crippen molar-refractivity contribution in [2.45, 2.75) is 25.3 Å². The van der Waals surface area contributed by atoms with Crippen molar-refractivity contribution in [3.63, 3.8) is 0 Å². The van der Waals surface area contributed by atoms with Gasteiger partial charge >= 0.3 is 0 Å². The molecule has 2 aliphatic heterocycles. The number of piperidine rings is 2. The van der Waals surface area contributed by atoms with Gasteiger partial charge < -0.3 is 5.32 Å². The Morgan fingerprint density at radius 2 is 1.67 bits per heavy atom. The smallest absolute Gasteiger partial charge is 0.0120 e. The lowest BCUT2D eigenvalue weighted by Gasteiger charge is -2.32. The molecule has 0 bridgehead atoms. The second-order valence-corrected chi connectivity index (χ2v) is 4.69. The van der Waals surface area contributed by atoms with Gasteiger partial charge in [-0.15, -0.1) is 0 Å². The number of nitrogens with zero attached hydrogens (tertiary/aromatic N) is 1. The first-order valence-electron chi connectivity index (χ1n) is 5.38. The minimum absolute atomic E-state index is 0.930. The standard InChI is InChI=1S/C10H18N2/c1-3-11-4-2-10(1)12-6-8-5-9(8)7-12/h8-11H,1-7H2. The molecule has 3 aliphatic rings. The van der Waals surface area contributed by atoms with Crippen LogP contribution in [0.4, 0.5) is 0 Å². The lowest BCUT2D eigenvalue weighted by atomic mass is 10.1. The summed E-state index contributed by atoms with van der Waals surface area (Å²) in [6, 6.07) is 0.930. The Morgan fingerprint density at radius 1 is 1.00 bits per heavy atom. The Bertz CT molecular complexity index is 165. The van der Waals surface area contributed by atoms with Gasteiger partial charge in [-0.3, -0.25) is 4.90 Å². The highest BCUT2D eigenvalue weighted by Crippen LogP contribution is 2.46. The van der Waals surface area contributed by atoms with E-state index in [2.05, 4.69) is 10.2 Å². The van der Waals surface area contributed by atoms with E-state index in [-0.39, 0.29) is 0 Å². The molecule has 3 rings (SSSR count). The molecule has 12 heavy (non-hydrogen) atoms. The first-order valence-corrected chi connectivity index (χ1v) is 5.38. The van der Waals surface area contributed by atoms with E-state index in [1.54, 1.807) is 6.42 Å². The molecule has 2 unspecified atom stereocenters. The van der Waals surface area contributed by atoms with Crippen molar-refractivity contribution in [3.8, 4) is 0 Å². The van der Waals surface area contributed by atoms with E-state index < -0.39 is 0 Å². The van der Waals surface area contributed by atoms with Gasteiger partial charge in [0.2, 0.25) is 0 Å². The van der Waals surface area contributed by atoms with Crippen molar-refractivity contribution >= 4 is 0 Å². The molecule has 1 aliphatic carbocycles. The second-order valence-electron chi connectivity index (χ2n) is 4.69. The molecule has 0 radical (unpaired) electrons. The van der Waals surface area contributed by atoms with Crippen LogP contribution in [0.3, 0.4) is 0 Å². The van der Waals surface area contributed by atoms with Gasteiger partial charge in [-0.25, -0.2) is 0 Å². The minimum atomic E-state index is 0.930. The molecule has 0 aromatic rings. The summed E-state index contributed by atoms with van der Waals surface area (Å²) in [5, 5.41) is 3.43. The molecule has 3 fully saturated rings. The van der Waals surface area contributed by atoms with Gasteiger partial charge in [-0.2, -0.15) is 0 Å². The number of likely N-dealkylation sites (tertiary alicyclic amines) is 1. The summed E-state index contributed by atoms with van der Waals surface area (Å²) in [6.07, 6.45) is 4.32. The van der Waals surface area contributed by atoms with Gasteiger partial charge in [0, 0.05) is 19.1 Å². The zero-order valence-corrected chi connectivity index (χ0v) is 7.63. The highest BCUT2D eigenvalue weighted by Gasteiger charge is 2.46. The second kappa shape index (κ2) is 2.71. The van der Waals surface area contributed by atoms with Crippen LogP contribution in [0, 0.1) is 11.8 Å². The maximum Gasteiger partial charge on any atom is 0.0120 e. The normalized spacial score (nSPS) is 43.0. The molecule has 1 N–H and O–H groups in total. The zero-order valence-electron chi connectivity index (χ0n) is 7.63. The van der Waals surface area contributed by atoms with Crippen LogP contribution in [0.5, 0.6) is 0 Å². The molecule has 2 saturated heterocycles. The molecule has 0 aromatic carbocycles. The average molecular weight is 166 g/mol. The molecule has 2 heterocycles. The predicted molar refractivity (Wildman–Crippen MR) is 49.1 cm³/mol. The number of rotatable bonds is 1. The summed E-state index contributed by atoms with van der Waals surface area (Å²) in [5.41, 5.74) is 0. The molecule has 68 valence electrons. The first-order chi connectivity index (χ1) is 5.93. The van der Waals surface area contributed by atoms with Crippen molar-refractivity contribution in [2.24, 2.45) is 11.8 Å². The number of hydrogen-bond donors (Lipinski definition) is 1. The highest BCUT2D eigenvalue weighted by atomic mass is 15.2. The third-order valence-corrected chi connectivity index (χ3v) is 3.83. The van der Waals surface area contributed by atoms with Gasteiger partial charge in [0.05, 0.1) is 0 Å². The first kappa shape index (κ1) is 7.34. The lowest BCUT2D eigenvalue weighted by molar-refractivity contribution is 0.180. The fourth-order valence-electron chi connectivity index (χ4n) is 2.90. The highest BCUT2D eigenvalue weighted by molar-refractivity contribution is 4.99. The van der Waals surface area contributed by atoms with Crippen LogP contribution in [0.15, 0.2) is 0 Å². The Morgan fingerprint density at radius 3 is 2.33 bits per heavy atom. The van der Waals surface area contributed by atoms with Crippen LogP contribution in [-0.4, -0.2) is 37.1 Å². The Labute approximate surface area is 74.3 Å². The van der Waals surface area contributed by atoms with Crippen LogP contribution in [-0.2, 0) is 0 Å². The predicted octanol–water partition coefficient (Wildman–Crippen LogP) is 0.690. The summed E-state index contributed by atoms with van der Waals surface area (Å²) < 4.78 is 0. The van der Waals surface area contributed by atoms with Crippen molar-refractivity contribution in [1.29, 1.82) is 0 Å². The van der Waals surface area contributed by atoms with Gasteiger partial charge in [-0.05, 0) is 44.2 Å². The van der Waals surface area contributed by atoms with E-state index in [4.69, 9.17) is 0 Å². The van der Waals surface area contributed by atoms with Gasteiger partial charge in [0.1, 0.15) is 0 Å². The molecular formula is C10H18N2. The SMILES string of the molecule is C1CC(N2CC3CC3C2)CCN1. The monoisotopic (exact) mass is 166 g/mol. The van der Waals surface area contributed by atoms with Crippen molar-refractivity contribution in [2.75, 3.05) is 26.2 Å². The summed E-state index contributed by atoms with van der Waals surface area (Å²) in [4.78, 5) is 2.75. The van der Waals surface area contributed by atoms with E-state index in [1.165, 1.54) is 39.0 Å². The van der Waals surface area contributed by atoms with Crippen LogP contribution < -0.4 is 5.32 Å². The number of hydrogen-bond acceptors (Lipinski definition) is 2. The van der Waals surface area contributed by atoms with Crippen LogP contribution in [0.25, 0.3) is 0 Å². The van der Waals surface area contributed by atoms with Gasteiger partial charge in [-0.1, -0.05) is 0 Å². The third-order valence-electron chi connectivity index (χ3n) is 3.83. The molecule has 0 aromatic heterocycles. The van der Waals surface area contributed by atoms with E-state index in [0.717, 1.165) is 17.9 Å². The van der Waals surface area contributed by atoms with E-state index in [9.17, 15) is 0 Å². The van der Waals surface area contributed by atoms with Gasteiger partial charge in [0.15, 0.2) is 0 Å². The third kappa shape index (κ3) is 1.17. The Balaban J connectivity index is 1.58. The molecular weight excluding hydrogens is 148 g/mol. The van der Waals surface area contributed by atoms with Crippen LogP contribution >= 0.6 is 0 Å². The summed E-state index contributed by atoms with van der Waals surface area (Å²) >= 11 is 0. The van der Waals surface area contributed by atoms with Crippen molar-refractivity contribution < 1.29 is 0 Å². The summed E-state index contributed by atoms with van der Waals surface area (Å²) in [7, 11) is 0. The zero-order chi connectivity index (χ0) is 7.97. The Kier molecular flexibility index (Phi) is 1.66. The van der Waals surface area contributed by atoms with Crippen LogP contribution in [0.2, 0.25) is 0 Å². The number of fused-ring (bicyclic) bond motifs is 1. The molecule has 2 heteroatoms. The topological polar surface area (TPSA) is 15.3 Å². The van der Waals surface area contributed by atoms with Crippen LogP contribution in [0.1, 0.15) is 19.3 Å². The average Bonchev–Trinajstić information content (AvgIpc) is 2.75. The maximum atomic E-state index is 3.43. The van der Waals surface area contributed by atoms with Gasteiger partial charge in [0.25, 0.3) is 0 Å². The van der Waals surface area contributed by atoms with Crippen molar-refractivity contribution in [1.82, 2.24) is 10.2 Å². The quantitative estimate of drug-likeness (QED) is 0.616. The largest absolute Gasteiger partial charge is 0.317 e. The van der Waals surface area contributed by atoms with Crippen molar-refractivity contribution in [3.05, 3.63) is 0 Å². The molecule has 0 spiro atoms. The molecule has 1 saturated carbocycles. The fraction of sp³-hybridized carbons (Fsp3) is 1.00. The van der Waals surface area contributed by atoms with E-state index >= 15 is 0 Å². The molecule has 2 nitrogen and oxygen atoms in total. The molecule has 0 amide bonds. The Hall–Kier alpha value is -0.0800. The minimum Gasteiger partial charge on any atom is -0.317 e. The lowest BCUT2D eigenvalue weighted by Crippen LogP contribution is -2.42. The number of nitrogens with one attached hydrogen (secondary N) is 1. The summed E-state index contributed by atoms with van der Waals surface area (Å²) in [5.74, 6) is 2.22. The van der Waals surface area contributed by atoms with E-state index in [0.29, 0.717) is 0 Å². The fourth-order valence-corrected chi connectivity index (χ4v) is 2.90.